The van der Waals surface area contributed by atoms with Crippen molar-refractivity contribution in [3.05, 3.63) is 27.7 Å². The summed E-state index contributed by atoms with van der Waals surface area (Å²) in [6, 6.07) is 2.77. The third-order valence-electron chi connectivity index (χ3n) is 3.45. The molecule has 1 aliphatic carbocycles. The number of carbonyl (C=O) groups excluding carboxylic acids is 1. The number of sulfonamides is 1. The Kier molecular flexibility index (Phi) is 4.22. The Morgan fingerprint density at radius 1 is 1.45 bits per heavy atom. The molecular formula is C13H17BrN2O3S. The Morgan fingerprint density at radius 3 is 2.55 bits per heavy atom. The Bertz CT molecular complexity index is 654. The molecule has 110 valence electrons. The molecule has 1 amide bonds. The predicted octanol–water partition coefficient (Wildman–Crippen LogP) is 1.89. The van der Waals surface area contributed by atoms with Gasteiger partial charge in [-0.25, -0.2) is 13.6 Å². The molecule has 1 saturated carbocycles. The smallest absolute Gasteiger partial charge is 0.253 e. The highest BCUT2D eigenvalue weighted by Crippen LogP contribution is 2.30. The van der Waals surface area contributed by atoms with E-state index in [4.69, 9.17) is 5.14 Å². The number of hydrogen-bond donors (Lipinski definition) is 1. The summed E-state index contributed by atoms with van der Waals surface area (Å²) in [6.45, 7) is 2.48. The van der Waals surface area contributed by atoms with Crippen LogP contribution in [0.15, 0.2) is 21.5 Å². The molecule has 0 aliphatic heterocycles. The number of amides is 1. The number of primary sulfonamides is 1. The van der Waals surface area contributed by atoms with Gasteiger partial charge in [0.15, 0.2) is 0 Å². The highest BCUT2D eigenvalue weighted by molar-refractivity contribution is 9.10. The van der Waals surface area contributed by atoms with Gasteiger partial charge in [-0.05, 0) is 43.4 Å². The SMILES string of the molecule is Cc1c(Br)cc(S(N)(=O)=O)cc1C(=O)N(C)CC1CC1. The van der Waals surface area contributed by atoms with E-state index < -0.39 is 10.0 Å². The van der Waals surface area contributed by atoms with E-state index in [1.807, 2.05) is 0 Å². The fraction of sp³-hybridized carbons (Fsp3) is 0.462. The zero-order valence-electron chi connectivity index (χ0n) is 11.4. The summed E-state index contributed by atoms with van der Waals surface area (Å²) in [4.78, 5) is 14.0. The fourth-order valence-corrected chi connectivity index (χ4v) is 3.19. The van der Waals surface area contributed by atoms with Crippen molar-refractivity contribution >= 4 is 31.9 Å². The van der Waals surface area contributed by atoms with E-state index in [0.29, 0.717) is 28.1 Å². The predicted molar refractivity (Wildman–Crippen MR) is 79.9 cm³/mol. The quantitative estimate of drug-likeness (QED) is 0.889. The maximum absolute atomic E-state index is 12.4. The van der Waals surface area contributed by atoms with Gasteiger partial charge < -0.3 is 4.90 Å². The van der Waals surface area contributed by atoms with Gasteiger partial charge in [0.25, 0.3) is 5.91 Å². The molecule has 0 unspecified atom stereocenters. The average Bonchev–Trinajstić information content (AvgIpc) is 3.14. The first-order valence-electron chi connectivity index (χ1n) is 6.28. The number of nitrogens with zero attached hydrogens (tertiary/aromatic N) is 1. The standard InChI is InChI=1S/C13H17BrN2O3S/c1-8-11(13(17)16(2)7-9-3-4-9)5-10(6-12(8)14)20(15,18)19/h5-6,9H,3-4,7H2,1-2H3,(H2,15,18,19). The minimum absolute atomic E-state index is 0.0573. The van der Waals surface area contributed by atoms with Crippen LogP contribution in [0.4, 0.5) is 0 Å². The maximum atomic E-state index is 12.4. The summed E-state index contributed by atoms with van der Waals surface area (Å²) in [5.41, 5.74) is 1.08. The Hall–Kier alpha value is -0.920. The summed E-state index contributed by atoms with van der Waals surface area (Å²) < 4.78 is 23.5. The lowest BCUT2D eigenvalue weighted by Crippen LogP contribution is -2.29. The van der Waals surface area contributed by atoms with Crippen LogP contribution in [0.3, 0.4) is 0 Å². The number of nitrogens with two attached hydrogens (primary N) is 1. The fourth-order valence-electron chi connectivity index (χ4n) is 2.02. The molecular weight excluding hydrogens is 344 g/mol. The van der Waals surface area contributed by atoms with Crippen LogP contribution in [-0.4, -0.2) is 32.8 Å². The summed E-state index contributed by atoms with van der Waals surface area (Å²) in [7, 11) is -2.10. The van der Waals surface area contributed by atoms with Crippen molar-refractivity contribution in [3.63, 3.8) is 0 Å². The van der Waals surface area contributed by atoms with Gasteiger partial charge in [-0.3, -0.25) is 4.79 Å². The molecule has 0 saturated heterocycles. The number of halogens is 1. The molecule has 5 nitrogen and oxygen atoms in total. The molecule has 0 spiro atoms. The van der Waals surface area contributed by atoms with Crippen LogP contribution in [0.5, 0.6) is 0 Å². The second-order valence-electron chi connectivity index (χ2n) is 5.25. The van der Waals surface area contributed by atoms with Gasteiger partial charge in [0.1, 0.15) is 0 Å². The van der Waals surface area contributed by atoms with E-state index in [2.05, 4.69) is 15.9 Å². The lowest BCUT2D eigenvalue weighted by atomic mass is 10.1. The molecule has 0 aromatic heterocycles. The Balaban J connectivity index is 2.38. The third kappa shape index (κ3) is 3.39. The molecule has 0 atom stereocenters. The van der Waals surface area contributed by atoms with E-state index in [0.717, 1.165) is 12.8 Å². The number of carbonyl (C=O) groups is 1. The van der Waals surface area contributed by atoms with Gasteiger partial charge in [0.2, 0.25) is 10.0 Å². The van der Waals surface area contributed by atoms with E-state index in [1.54, 1.807) is 18.9 Å². The molecule has 1 aromatic carbocycles. The van der Waals surface area contributed by atoms with Gasteiger partial charge in [-0.15, -0.1) is 0 Å². The molecule has 1 fully saturated rings. The van der Waals surface area contributed by atoms with E-state index >= 15 is 0 Å². The second kappa shape index (κ2) is 5.46. The molecule has 1 aromatic rings. The van der Waals surface area contributed by atoms with E-state index in [-0.39, 0.29) is 10.8 Å². The topological polar surface area (TPSA) is 80.5 Å². The highest BCUT2D eigenvalue weighted by Gasteiger charge is 2.26. The van der Waals surface area contributed by atoms with Crippen LogP contribution in [0.2, 0.25) is 0 Å². The van der Waals surface area contributed by atoms with Gasteiger partial charge in [0, 0.05) is 23.6 Å². The highest BCUT2D eigenvalue weighted by atomic mass is 79.9. The van der Waals surface area contributed by atoms with Gasteiger partial charge in [-0.2, -0.15) is 0 Å². The Morgan fingerprint density at radius 2 is 2.05 bits per heavy atom. The average molecular weight is 361 g/mol. The summed E-state index contributed by atoms with van der Waals surface area (Å²) >= 11 is 3.28. The van der Waals surface area contributed by atoms with Crippen LogP contribution in [0, 0.1) is 12.8 Å². The van der Waals surface area contributed by atoms with Crippen molar-refractivity contribution in [2.24, 2.45) is 11.1 Å². The first-order valence-corrected chi connectivity index (χ1v) is 8.62. The maximum Gasteiger partial charge on any atom is 0.253 e. The number of benzene rings is 1. The van der Waals surface area contributed by atoms with Crippen LogP contribution >= 0.6 is 15.9 Å². The first kappa shape index (κ1) is 15.5. The molecule has 2 N–H and O–H groups in total. The normalized spacial score (nSPS) is 15.2. The molecule has 7 heteroatoms. The van der Waals surface area contributed by atoms with Crippen molar-refractivity contribution in [1.82, 2.24) is 4.90 Å². The summed E-state index contributed by atoms with van der Waals surface area (Å²) in [5, 5.41) is 5.14. The van der Waals surface area contributed by atoms with Crippen molar-refractivity contribution in [3.8, 4) is 0 Å². The van der Waals surface area contributed by atoms with Gasteiger partial charge >= 0.3 is 0 Å². The van der Waals surface area contributed by atoms with Crippen molar-refractivity contribution in [2.45, 2.75) is 24.7 Å². The molecule has 20 heavy (non-hydrogen) atoms. The van der Waals surface area contributed by atoms with Crippen LogP contribution in [-0.2, 0) is 10.0 Å². The van der Waals surface area contributed by atoms with Crippen molar-refractivity contribution in [2.75, 3.05) is 13.6 Å². The van der Waals surface area contributed by atoms with Crippen LogP contribution < -0.4 is 5.14 Å². The minimum Gasteiger partial charge on any atom is -0.341 e. The summed E-state index contributed by atoms with van der Waals surface area (Å²) in [5.74, 6) is 0.398. The lowest BCUT2D eigenvalue weighted by Gasteiger charge is -2.19. The lowest BCUT2D eigenvalue weighted by molar-refractivity contribution is 0.0787. The van der Waals surface area contributed by atoms with Gasteiger partial charge in [0.05, 0.1) is 4.90 Å². The first-order chi connectivity index (χ1) is 9.20. The molecule has 1 aliphatic rings. The number of hydrogen-bond acceptors (Lipinski definition) is 3. The molecule has 0 heterocycles. The monoisotopic (exact) mass is 360 g/mol. The zero-order valence-corrected chi connectivity index (χ0v) is 13.8. The third-order valence-corrected chi connectivity index (χ3v) is 5.17. The molecule has 0 bridgehead atoms. The largest absolute Gasteiger partial charge is 0.341 e. The van der Waals surface area contributed by atoms with Crippen molar-refractivity contribution < 1.29 is 13.2 Å². The van der Waals surface area contributed by atoms with Crippen molar-refractivity contribution in [1.29, 1.82) is 0 Å². The Labute approximate surface area is 127 Å². The van der Waals surface area contributed by atoms with Crippen LogP contribution in [0.25, 0.3) is 0 Å². The van der Waals surface area contributed by atoms with E-state index in [9.17, 15) is 13.2 Å². The summed E-state index contributed by atoms with van der Waals surface area (Å²) in [6.07, 6.45) is 2.30. The second-order valence-corrected chi connectivity index (χ2v) is 7.67. The van der Waals surface area contributed by atoms with Gasteiger partial charge in [-0.1, -0.05) is 15.9 Å². The number of rotatable bonds is 4. The van der Waals surface area contributed by atoms with Crippen LogP contribution in [0.1, 0.15) is 28.8 Å². The zero-order chi connectivity index (χ0) is 15.1. The minimum atomic E-state index is -3.84. The van der Waals surface area contributed by atoms with E-state index in [1.165, 1.54) is 12.1 Å². The molecule has 2 rings (SSSR count). The molecule has 0 radical (unpaired) electrons.